The van der Waals surface area contributed by atoms with Crippen molar-refractivity contribution in [1.82, 2.24) is 5.32 Å². The van der Waals surface area contributed by atoms with Gasteiger partial charge in [0.1, 0.15) is 11.5 Å². The first-order chi connectivity index (χ1) is 8.67. The van der Waals surface area contributed by atoms with Gasteiger partial charge in [-0.2, -0.15) is 0 Å². The van der Waals surface area contributed by atoms with Crippen LogP contribution in [0.15, 0.2) is 16.6 Å². The van der Waals surface area contributed by atoms with E-state index in [2.05, 4.69) is 35.1 Å². The quantitative estimate of drug-likeness (QED) is 0.827. The maximum absolute atomic E-state index is 5.47. The van der Waals surface area contributed by atoms with Crippen LogP contribution in [-0.2, 0) is 0 Å². The molecule has 3 nitrogen and oxygen atoms in total. The third-order valence-corrected chi connectivity index (χ3v) is 3.53. The topological polar surface area (TPSA) is 30.5 Å². The number of rotatable bonds is 7. The van der Waals surface area contributed by atoms with Crippen molar-refractivity contribution in [1.29, 1.82) is 0 Å². The van der Waals surface area contributed by atoms with Gasteiger partial charge in [0.05, 0.1) is 18.7 Å². The van der Waals surface area contributed by atoms with Crippen LogP contribution in [0.5, 0.6) is 11.5 Å². The smallest absolute Gasteiger partial charge is 0.133 e. The van der Waals surface area contributed by atoms with Crippen LogP contribution in [0.25, 0.3) is 0 Å². The van der Waals surface area contributed by atoms with E-state index in [0.717, 1.165) is 40.9 Å². The summed E-state index contributed by atoms with van der Waals surface area (Å²) in [6, 6.07) is 4.32. The van der Waals surface area contributed by atoms with Crippen LogP contribution < -0.4 is 14.8 Å². The van der Waals surface area contributed by atoms with Crippen LogP contribution in [-0.4, -0.2) is 20.8 Å². The number of methoxy groups -OCH3 is 2. The zero-order valence-electron chi connectivity index (χ0n) is 11.5. The number of ether oxygens (including phenoxy) is 2. The van der Waals surface area contributed by atoms with Gasteiger partial charge in [0.2, 0.25) is 0 Å². The minimum Gasteiger partial charge on any atom is -0.496 e. The van der Waals surface area contributed by atoms with Crippen LogP contribution in [0.2, 0.25) is 0 Å². The molecule has 0 aromatic heterocycles. The lowest BCUT2D eigenvalue weighted by Crippen LogP contribution is -2.21. The molecule has 0 spiro atoms. The van der Waals surface area contributed by atoms with Gasteiger partial charge in [-0.25, -0.2) is 0 Å². The number of hydrogen-bond donors (Lipinski definition) is 1. The van der Waals surface area contributed by atoms with Gasteiger partial charge >= 0.3 is 0 Å². The second kappa shape index (κ2) is 7.64. The highest BCUT2D eigenvalue weighted by Crippen LogP contribution is 2.37. The zero-order chi connectivity index (χ0) is 13.5. The fraction of sp³-hybridized carbons (Fsp3) is 0.571. The highest BCUT2D eigenvalue weighted by molar-refractivity contribution is 9.10. The van der Waals surface area contributed by atoms with Gasteiger partial charge in [0.15, 0.2) is 0 Å². The summed E-state index contributed by atoms with van der Waals surface area (Å²) >= 11 is 3.48. The predicted molar refractivity (Wildman–Crippen MR) is 78.6 cm³/mol. The largest absolute Gasteiger partial charge is 0.496 e. The van der Waals surface area contributed by atoms with E-state index in [1.165, 1.54) is 0 Å². The minimum absolute atomic E-state index is 0.303. The monoisotopic (exact) mass is 315 g/mol. The second-order valence-corrected chi connectivity index (χ2v) is 4.98. The molecule has 18 heavy (non-hydrogen) atoms. The van der Waals surface area contributed by atoms with Crippen LogP contribution in [0.3, 0.4) is 0 Å². The number of hydrogen-bond acceptors (Lipinski definition) is 3. The molecule has 102 valence electrons. The van der Waals surface area contributed by atoms with Crippen LogP contribution >= 0.6 is 15.9 Å². The third-order valence-electron chi connectivity index (χ3n) is 2.91. The molecule has 1 N–H and O–H groups in total. The van der Waals surface area contributed by atoms with Crippen molar-refractivity contribution in [2.75, 3.05) is 20.8 Å². The Kier molecular flexibility index (Phi) is 6.50. The Labute approximate surface area is 118 Å². The van der Waals surface area contributed by atoms with Crippen LogP contribution in [0, 0.1) is 0 Å². The minimum atomic E-state index is 0.303. The molecule has 0 saturated heterocycles. The lowest BCUT2D eigenvalue weighted by molar-refractivity contribution is 0.385. The highest BCUT2D eigenvalue weighted by atomic mass is 79.9. The molecular weight excluding hydrogens is 294 g/mol. The molecule has 0 saturated carbocycles. The molecule has 0 radical (unpaired) electrons. The van der Waals surface area contributed by atoms with Gasteiger partial charge in [0, 0.05) is 11.6 Å². The predicted octanol–water partition coefficient (Wildman–Crippen LogP) is 3.92. The normalized spacial score (nSPS) is 12.3. The molecule has 0 aliphatic heterocycles. The molecular formula is C14H22BrNO2. The Hall–Kier alpha value is -0.740. The van der Waals surface area contributed by atoms with E-state index in [4.69, 9.17) is 9.47 Å². The molecule has 0 aliphatic carbocycles. The SMILES string of the molecule is CCCC(NCC)c1cc(OC)c(Br)cc1OC. The van der Waals surface area contributed by atoms with Gasteiger partial charge in [0.25, 0.3) is 0 Å². The fourth-order valence-electron chi connectivity index (χ4n) is 2.06. The maximum Gasteiger partial charge on any atom is 0.133 e. The molecule has 4 heteroatoms. The first-order valence-corrected chi connectivity index (χ1v) is 7.11. The van der Waals surface area contributed by atoms with E-state index in [1.54, 1.807) is 14.2 Å². The molecule has 0 amide bonds. The second-order valence-electron chi connectivity index (χ2n) is 4.13. The standard InChI is InChI=1S/C14H22BrNO2/c1-5-7-12(16-6-2)10-8-14(18-4)11(15)9-13(10)17-3/h8-9,12,16H,5-7H2,1-4H3. The summed E-state index contributed by atoms with van der Waals surface area (Å²) in [5, 5.41) is 3.49. The van der Waals surface area contributed by atoms with E-state index in [9.17, 15) is 0 Å². The summed E-state index contributed by atoms with van der Waals surface area (Å²) < 4.78 is 11.7. The van der Waals surface area contributed by atoms with E-state index >= 15 is 0 Å². The number of nitrogens with one attached hydrogen (secondary N) is 1. The summed E-state index contributed by atoms with van der Waals surface area (Å²) in [6.45, 7) is 5.24. The van der Waals surface area contributed by atoms with Gasteiger partial charge in [-0.1, -0.05) is 20.3 Å². The summed E-state index contributed by atoms with van der Waals surface area (Å²) in [6.07, 6.45) is 2.20. The van der Waals surface area contributed by atoms with Crippen molar-refractivity contribution in [3.05, 3.63) is 22.2 Å². The van der Waals surface area contributed by atoms with E-state index < -0.39 is 0 Å². The Balaban J connectivity index is 3.16. The average molecular weight is 316 g/mol. The first kappa shape index (κ1) is 15.3. The average Bonchev–Trinajstić information content (AvgIpc) is 2.38. The molecule has 1 atom stereocenters. The fourth-order valence-corrected chi connectivity index (χ4v) is 2.54. The summed E-state index contributed by atoms with van der Waals surface area (Å²) in [7, 11) is 3.38. The van der Waals surface area contributed by atoms with Gasteiger partial charge in [-0.3, -0.25) is 0 Å². The lowest BCUT2D eigenvalue weighted by atomic mass is 10.0. The molecule has 1 aromatic carbocycles. The van der Waals surface area contributed by atoms with Gasteiger partial charge in [-0.15, -0.1) is 0 Å². The Morgan fingerprint density at radius 1 is 1.17 bits per heavy atom. The van der Waals surface area contributed by atoms with E-state index in [-0.39, 0.29) is 0 Å². The van der Waals surface area contributed by atoms with Crippen molar-refractivity contribution in [2.24, 2.45) is 0 Å². The van der Waals surface area contributed by atoms with Crippen molar-refractivity contribution < 1.29 is 9.47 Å². The Bertz CT molecular complexity index is 376. The highest BCUT2D eigenvalue weighted by Gasteiger charge is 2.17. The van der Waals surface area contributed by atoms with E-state index in [1.807, 2.05) is 12.1 Å². The van der Waals surface area contributed by atoms with Crippen molar-refractivity contribution in [3.8, 4) is 11.5 Å². The van der Waals surface area contributed by atoms with Gasteiger partial charge < -0.3 is 14.8 Å². The van der Waals surface area contributed by atoms with Crippen LogP contribution in [0.1, 0.15) is 38.3 Å². The molecule has 1 rings (SSSR count). The van der Waals surface area contributed by atoms with Crippen molar-refractivity contribution in [2.45, 2.75) is 32.7 Å². The zero-order valence-corrected chi connectivity index (χ0v) is 13.1. The molecule has 0 fully saturated rings. The van der Waals surface area contributed by atoms with Crippen LogP contribution in [0.4, 0.5) is 0 Å². The number of halogens is 1. The van der Waals surface area contributed by atoms with E-state index in [0.29, 0.717) is 6.04 Å². The maximum atomic E-state index is 5.47. The summed E-state index contributed by atoms with van der Waals surface area (Å²) in [4.78, 5) is 0. The Morgan fingerprint density at radius 3 is 2.33 bits per heavy atom. The summed E-state index contributed by atoms with van der Waals surface area (Å²) in [5.41, 5.74) is 1.15. The molecule has 1 unspecified atom stereocenters. The summed E-state index contributed by atoms with van der Waals surface area (Å²) in [5.74, 6) is 1.73. The molecule has 0 aliphatic rings. The third kappa shape index (κ3) is 3.62. The lowest BCUT2D eigenvalue weighted by Gasteiger charge is -2.21. The Morgan fingerprint density at radius 2 is 1.83 bits per heavy atom. The van der Waals surface area contributed by atoms with Crippen molar-refractivity contribution >= 4 is 15.9 Å². The molecule has 0 bridgehead atoms. The molecule has 0 heterocycles. The van der Waals surface area contributed by atoms with Crippen molar-refractivity contribution in [3.63, 3.8) is 0 Å². The first-order valence-electron chi connectivity index (χ1n) is 6.32. The van der Waals surface area contributed by atoms with Gasteiger partial charge in [-0.05, 0) is 41.0 Å². The molecule has 1 aromatic rings. The number of benzene rings is 1.